The summed E-state index contributed by atoms with van der Waals surface area (Å²) in [6.07, 6.45) is 12.7. The van der Waals surface area contributed by atoms with Crippen LogP contribution < -0.4 is 0 Å². The van der Waals surface area contributed by atoms with Crippen LogP contribution in [0.15, 0.2) is 24.3 Å². The normalized spacial score (nSPS) is 33.6. The van der Waals surface area contributed by atoms with Crippen molar-refractivity contribution in [3.05, 3.63) is 24.3 Å². The molecule has 2 saturated heterocycles. The van der Waals surface area contributed by atoms with E-state index in [1.54, 1.807) is 16.7 Å². The smallest absolute Gasteiger partial charge is 0.247 e. The van der Waals surface area contributed by atoms with E-state index in [1.165, 1.54) is 0 Å². The van der Waals surface area contributed by atoms with Gasteiger partial charge in [0.25, 0.3) is 0 Å². The largest absolute Gasteiger partial charge is 0.394 e. The lowest BCUT2D eigenvalue weighted by atomic mass is 9.78. The first-order valence-corrected chi connectivity index (χ1v) is 13.9. The Balaban J connectivity index is 1.78. The highest BCUT2D eigenvalue weighted by Crippen LogP contribution is 2.61. The molecule has 0 bridgehead atoms. The first-order valence-electron chi connectivity index (χ1n) is 13.0. The summed E-state index contributed by atoms with van der Waals surface area (Å²) in [5.41, 5.74) is 0. The lowest BCUT2D eigenvalue weighted by molar-refractivity contribution is -0.146. The number of aliphatic hydroxyl groups excluding tert-OH is 1. The van der Waals surface area contributed by atoms with Gasteiger partial charge in [-0.05, 0) is 19.3 Å². The molecule has 34 heavy (non-hydrogen) atoms. The van der Waals surface area contributed by atoms with Crippen LogP contribution in [0.4, 0.5) is 0 Å². The van der Waals surface area contributed by atoms with Crippen LogP contribution in [0.3, 0.4) is 0 Å². The number of hydrogen-bond acceptors (Lipinski definition) is 5. The number of amides is 3. The van der Waals surface area contributed by atoms with E-state index in [0.29, 0.717) is 32.6 Å². The Kier molecular flexibility index (Phi) is 7.77. The van der Waals surface area contributed by atoms with E-state index < -0.39 is 28.7 Å². The van der Waals surface area contributed by atoms with Gasteiger partial charge in [-0.3, -0.25) is 14.4 Å². The molecule has 4 rings (SSSR count). The number of fused-ring (bicyclic) bond motifs is 2. The van der Waals surface area contributed by atoms with E-state index in [2.05, 4.69) is 26.0 Å². The zero-order valence-corrected chi connectivity index (χ0v) is 21.5. The van der Waals surface area contributed by atoms with E-state index in [1.807, 2.05) is 28.9 Å². The molecule has 1 spiro atoms. The fraction of sp³-hybridized carbons (Fsp3) is 0.731. The summed E-state index contributed by atoms with van der Waals surface area (Å²) in [5, 5.41) is 10.0. The molecule has 1 unspecified atom stereocenters. The number of carbonyl (C=O) groups excluding carboxylic acids is 3. The molecule has 0 radical (unpaired) electrons. The average molecular weight is 490 g/mol. The minimum absolute atomic E-state index is 0.0159. The second kappa shape index (κ2) is 10.4. The molecule has 0 aromatic rings. The predicted octanol–water partition coefficient (Wildman–Crippen LogP) is 2.45. The molecule has 1 N–H and O–H groups in total. The van der Waals surface area contributed by atoms with Gasteiger partial charge in [-0.25, -0.2) is 0 Å². The molecule has 3 amide bonds. The van der Waals surface area contributed by atoms with Crippen LogP contribution >= 0.6 is 11.8 Å². The topological polar surface area (TPSA) is 81.2 Å². The molecule has 0 aromatic heterocycles. The molecular formula is C26H39N3O4S. The van der Waals surface area contributed by atoms with Crippen LogP contribution in [0.1, 0.15) is 52.9 Å². The van der Waals surface area contributed by atoms with Gasteiger partial charge in [0.15, 0.2) is 0 Å². The van der Waals surface area contributed by atoms with E-state index in [-0.39, 0.29) is 29.6 Å². The molecule has 2 fully saturated rings. The second-order valence-electron chi connectivity index (χ2n) is 9.94. The van der Waals surface area contributed by atoms with Crippen molar-refractivity contribution in [2.45, 2.75) is 75.0 Å². The highest BCUT2D eigenvalue weighted by atomic mass is 32.2. The van der Waals surface area contributed by atoms with Crippen LogP contribution in [0, 0.1) is 11.8 Å². The first kappa shape index (κ1) is 25.3. The molecule has 0 saturated carbocycles. The molecule has 4 aliphatic rings. The maximum atomic E-state index is 14.1. The summed E-state index contributed by atoms with van der Waals surface area (Å²) in [7, 11) is 0. The molecular weight excluding hydrogens is 450 g/mol. The minimum Gasteiger partial charge on any atom is -0.394 e. The standard InChI is InChI=1S/C26H39N3O4S/c1-4-7-8-14-28-16-10-12-26-21(24(32)29(18(6-3)17-30)22(26)25(28)33)20-19(34-26)11-9-15-27(13-5-2)23(20)31/h9-12,18-22,30H,4-8,13-17H2,1-3H3/t18-,19+,20-,21-,22?,26-/m0/s1. The number of carbonyl (C=O) groups is 3. The van der Waals surface area contributed by atoms with Crippen LogP contribution in [0.2, 0.25) is 0 Å². The minimum atomic E-state index is -0.791. The van der Waals surface area contributed by atoms with Crippen molar-refractivity contribution in [2.24, 2.45) is 11.8 Å². The van der Waals surface area contributed by atoms with Crippen LogP contribution in [-0.2, 0) is 14.4 Å². The van der Waals surface area contributed by atoms with Gasteiger partial charge >= 0.3 is 0 Å². The number of nitrogens with zero attached hydrogens (tertiary/aromatic N) is 3. The maximum absolute atomic E-state index is 14.1. The Labute approximate surface area is 207 Å². The zero-order chi connectivity index (χ0) is 24.5. The lowest BCUT2D eigenvalue weighted by Gasteiger charge is -2.38. The summed E-state index contributed by atoms with van der Waals surface area (Å²) in [6.45, 7) is 8.34. The first-order chi connectivity index (χ1) is 16.4. The molecule has 8 heteroatoms. The third-order valence-electron chi connectivity index (χ3n) is 7.86. The van der Waals surface area contributed by atoms with Crippen LogP contribution in [0.5, 0.6) is 0 Å². The number of hydrogen-bond donors (Lipinski definition) is 1. The summed E-state index contributed by atoms with van der Waals surface area (Å²) in [4.78, 5) is 47.3. The van der Waals surface area contributed by atoms with Gasteiger partial charge in [0, 0.05) is 31.4 Å². The Morgan fingerprint density at radius 1 is 1.00 bits per heavy atom. The van der Waals surface area contributed by atoms with E-state index in [0.717, 1.165) is 25.7 Å². The van der Waals surface area contributed by atoms with Gasteiger partial charge in [0.2, 0.25) is 17.7 Å². The summed E-state index contributed by atoms with van der Waals surface area (Å²) in [5.74, 6) is -1.27. The quantitative estimate of drug-likeness (QED) is 0.398. The van der Waals surface area contributed by atoms with E-state index >= 15 is 0 Å². The number of aliphatic hydroxyl groups is 1. The third kappa shape index (κ3) is 4.00. The van der Waals surface area contributed by atoms with Gasteiger partial charge in [-0.2, -0.15) is 0 Å². The molecule has 4 aliphatic heterocycles. The fourth-order valence-corrected chi connectivity index (χ4v) is 8.20. The van der Waals surface area contributed by atoms with Gasteiger partial charge < -0.3 is 19.8 Å². The summed E-state index contributed by atoms with van der Waals surface area (Å²) >= 11 is 1.61. The number of likely N-dealkylation sites (tertiary alicyclic amines) is 1. The number of rotatable bonds is 9. The number of thioether (sulfide) groups is 1. The molecule has 7 nitrogen and oxygen atoms in total. The van der Waals surface area contributed by atoms with Gasteiger partial charge in [0.05, 0.1) is 29.2 Å². The molecule has 0 aliphatic carbocycles. The van der Waals surface area contributed by atoms with Crippen LogP contribution in [-0.4, -0.2) is 92.4 Å². The summed E-state index contributed by atoms with van der Waals surface area (Å²) < 4.78 is -0.791. The van der Waals surface area contributed by atoms with Crippen LogP contribution in [0.25, 0.3) is 0 Å². The number of unbranched alkanes of at least 4 members (excludes halogenated alkanes) is 2. The summed E-state index contributed by atoms with van der Waals surface area (Å²) in [6, 6.07) is -1.13. The van der Waals surface area contributed by atoms with Crippen molar-refractivity contribution < 1.29 is 19.5 Å². The third-order valence-corrected chi connectivity index (χ3v) is 9.61. The van der Waals surface area contributed by atoms with Crippen molar-refractivity contribution in [2.75, 3.05) is 32.8 Å². The highest BCUT2D eigenvalue weighted by Gasteiger charge is 2.71. The Morgan fingerprint density at radius 2 is 1.74 bits per heavy atom. The average Bonchev–Trinajstić information content (AvgIpc) is 3.15. The fourth-order valence-electron chi connectivity index (χ4n) is 6.21. The van der Waals surface area contributed by atoms with Crippen molar-refractivity contribution in [1.29, 1.82) is 0 Å². The molecule has 6 atom stereocenters. The van der Waals surface area contributed by atoms with Crippen molar-refractivity contribution in [3.8, 4) is 0 Å². The molecule has 4 heterocycles. The van der Waals surface area contributed by atoms with Crippen molar-refractivity contribution in [3.63, 3.8) is 0 Å². The Bertz CT molecular complexity index is 857. The van der Waals surface area contributed by atoms with E-state index in [9.17, 15) is 19.5 Å². The monoisotopic (exact) mass is 489 g/mol. The van der Waals surface area contributed by atoms with Crippen molar-refractivity contribution in [1.82, 2.24) is 14.7 Å². The predicted molar refractivity (Wildman–Crippen MR) is 134 cm³/mol. The highest BCUT2D eigenvalue weighted by molar-refractivity contribution is 8.02. The van der Waals surface area contributed by atoms with Gasteiger partial charge in [-0.1, -0.05) is 57.9 Å². The lowest BCUT2D eigenvalue weighted by Crippen LogP contribution is -2.56. The second-order valence-corrected chi connectivity index (χ2v) is 11.4. The van der Waals surface area contributed by atoms with E-state index in [4.69, 9.17) is 0 Å². The van der Waals surface area contributed by atoms with Gasteiger partial charge in [0.1, 0.15) is 6.04 Å². The Morgan fingerprint density at radius 3 is 2.41 bits per heavy atom. The molecule has 0 aromatic carbocycles. The van der Waals surface area contributed by atoms with Crippen molar-refractivity contribution >= 4 is 29.5 Å². The van der Waals surface area contributed by atoms with Gasteiger partial charge in [-0.15, -0.1) is 11.8 Å². The Hall–Kier alpha value is -1.80. The zero-order valence-electron chi connectivity index (χ0n) is 20.7. The maximum Gasteiger partial charge on any atom is 0.247 e. The molecule has 188 valence electrons. The SMILES string of the molecule is CCCCCN1CC=C[C@]23S[C@@H]4C=CCN(CCC)C(=O)[C@@H]4[C@H]2C(=O)N([C@@H](CC)CO)C3C1=O.